The first-order valence-corrected chi connectivity index (χ1v) is 12.3. The second-order valence-corrected chi connectivity index (χ2v) is 9.36. The highest BCUT2D eigenvalue weighted by atomic mass is 16.5. The second kappa shape index (κ2) is 7.34. The summed E-state index contributed by atoms with van der Waals surface area (Å²) in [7, 11) is 0. The number of hydrogen-bond acceptors (Lipinski definition) is 1. The van der Waals surface area contributed by atoms with E-state index in [1.807, 2.05) is 0 Å². The topological polar surface area (TPSA) is 14.2 Å². The Balaban J connectivity index is 1.43. The Morgan fingerprint density at radius 2 is 1.11 bits per heavy atom. The number of aromatic nitrogens is 1. The lowest BCUT2D eigenvalue weighted by molar-refractivity contribution is 0.487. The van der Waals surface area contributed by atoms with E-state index in [1.165, 1.54) is 49.6 Å². The molecule has 0 spiro atoms. The number of para-hydroxylation sites is 2. The van der Waals surface area contributed by atoms with E-state index in [2.05, 4.69) is 132 Å². The Kier molecular flexibility index (Phi) is 3.97. The van der Waals surface area contributed by atoms with E-state index in [0.29, 0.717) is 0 Å². The van der Waals surface area contributed by atoms with Gasteiger partial charge in [-0.3, -0.25) is 0 Å². The molecule has 0 aliphatic carbocycles. The molecule has 0 amide bonds. The molecule has 0 fully saturated rings. The van der Waals surface area contributed by atoms with Crippen LogP contribution in [0.25, 0.3) is 60.5 Å². The van der Waals surface area contributed by atoms with Gasteiger partial charge >= 0.3 is 0 Å². The summed E-state index contributed by atoms with van der Waals surface area (Å²) in [6.45, 7) is 0. The maximum Gasteiger partial charge on any atom is 0.136 e. The average Bonchev–Trinajstić information content (AvgIpc) is 3.28. The quantitative estimate of drug-likeness (QED) is 0.251. The van der Waals surface area contributed by atoms with Crippen LogP contribution in [0, 0.1) is 0 Å². The van der Waals surface area contributed by atoms with Gasteiger partial charge in [-0.05, 0) is 53.1 Å². The number of fused-ring (bicyclic) bond motifs is 5. The zero-order valence-corrected chi connectivity index (χ0v) is 19.5. The van der Waals surface area contributed by atoms with E-state index in [9.17, 15) is 0 Å². The van der Waals surface area contributed by atoms with E-state index >= 15 is 0 Å². The molecule has 0 radical (unpaired) electrons. The van der Waals surface area contributed by atoms with Crippen LogP contribution in [0.4, 0.5) is 0 Å². The zero-order valence-electron chi connectivity index (χ0n) is 19.5. The third kappa shape index (κ3) is 2.67. The fourth-order valence-electron chi connectivity index (χ4n) is 5.80. The third-order valence-corrected chi connectivity index (χ3v) is 7.40. The Morgan fingerprint density at radius 3 is 1.89 bits per heavy atom. The molecule has 2 heterocycles. The van der Waals surface area contributed by atoms with Gasteiger partial charge in [0, 0.05) is 27.1 Å². The van der Waals surface area contributed by atoms with Gasteiger partial charge in [-0.25, -0.2) is 0 Å². The van der Waals surface area contributed by atoms with Gasteiger partial charge in [0.1, 0.15) is 11.5 Å². The van der Waals surface area contributed by atoms with Gasteiger partial charge in [-0.15, -0.1) is 0 Å². The number of nitrogens with zero attached hydrogens (tertiary/aromatic N) is 1. The normalized spacial score (nSPS) is 12.1. The molecule has 6 aromatic carbocycles. The standard InChI is InChI=1S/C34H21NO/c1-2-9-22(10-3-1)23-17-19-32-28(21-23)26-13-8-14-27-31(18-20-33(36-32)34(26)27)35-29-15-6-4-11-24(29)25-12-5-7-16-30(25)35/h1-21H. The largest absolute Gasteiger partial charge is 0.456 e. The van der Waals surface area contributed by atoms with Gasteiger partial charge in [0.2, 0.25) is 0 Å². The molecule has 0 atom stereocenters. The van der Waals surface area contributed by atoms with Crippen molar-refractivity contribution in [1.29, 1.82) is 0 Å². The molecule has 2 heteroatoms. The highest BCUT2D eigenvalue weighted by Crippen LogP contribution is 2.49. The summed E-state index contributed by atoms with van der Waals surface area (Å²) >= 11 is 0. The van der Waals surface area contributed by atoms with Crippen molar-refractivity contribution in [3.63, 3.8) is 0 Å². The molecular weight excluding hydrogens is 438 g/mol. The summed E-state index contributed by atoms with van der Waals surface area (Å²) in [6.07, 6.45) is 0. The van der Waals surface area contributed by atoms with Gasteiger partial charge in [-0.1, -0.05) is 91.0 Å². The van der Waals surface area contributed by atoms with Crippen molar-refractivity contribution in [2.24, 2.45) is 0 Å². The lowest BCUT2D eigenvalue weighted by Gasteiger charge is -2.23. The Labute approximate surface area is 208 Å². The fourth-order valence-corrected chi connectivity index (χ4v) is 5.80. The monoisotopic (exact) mass is 459 g/mol. The zero-order chi connectivity index (χ0) is 23.6. The molecule has 1 aliphatic rings. The van der Waals surface area contributed by atoms with Crippen LogP contribution in [0.2, 0.25) is 0 Å². The number of ether oxygens (including phenoxy) is 1. The van der Waals surface area contributed by atoms with E-state index in [1.54, 1.807) is 0 Å². The van der Waals surface area contributed by atoms with E-state index in [4.69, 9.17) is 4.74 Å². The van der Waals surface area contributed by atoms with Crippen LogP contribution in [0.1, 0.15) is 0 Å². The maximum absolute atomic E-state index is 6.48. The molecule has 0 saturated carbocycles. The molecule has 2 nitrogen and oxygen atoms in total. The van der Waals surface area contributed by atoms with Crippen molar-refractivity contribution in [1.82, 2.24) is 4.57 Å². The molecule has 8 rings (SSSR count). The minimum absolute atomic E-state index is 0.902. The smallest absolute Gasteiger partial charge is 0.136 e. The van der Waals surface area contributed by atoms with Crippen molar-refractivity contribution in [2.75, 3.05) is 0 Å². The minimum Gasteiger partial charge on any atom is -0.456 e. The second-order valence-electron chi connectivity index (χ2n) is 9.36. The van der Waals surface area contributed by atoms with Crippen molar-refractivity contribution in [3.05, 3.63) is 127 Å². The molecule has 36 heavy (non-hydrogen) atoms. The summed E-state index contributed by atoms with van der Waals surface area (Å²) in [5.41, 5.74) is 8.33. The average molecular weight is 460 g/mol. The highest BCUT2D eigenvalue weighted by molar-refractivity contribution is 6.13. The summed E-state index contributed by atoms with van der Waals surface area (Å²) in [6, 6.07) is 45.3. The molecule has 1 aromatic heterocycles. The van der Waals surface area contributed by atoms with Crippen molar-refractivity contribution in [2.45, 2.75) is 0 Å². The van der Waals surface area contributed by atoms with E-state index in [-0.39, 0.29) is 0 Å². The number of hydrogen-bond donors (Lipinski definition) is 0. The first kappa shape index (κ1) is 19.5. The summed E-state index contributed by atoms with van der Waals surface area (Å²) in [4.78, 5) is 0. The summed E-state index contributed by atoms with van der Waals surface area (Å²) in [5, 5.41) is 4.88. The molecule has 1 aliphatic heterocycles. The van der Waals surface area contributed by atoms with Gasteiger partial charge in [0.15, 0.2) is 0 Å². The first-order chi connectivity index (χ1) is 17.9. The number of rotatable bonds is 2. The minimum atomic E-state index is 0.902. The van der Waals surface area contributed by atoms with Gasteiger partial charge in [-0.2, -0.15) is 0 Å². The summed E-state index contributed by atoms with van der Waals surface area (Å²) in [5.74, 6) is 1.81. The van der Waals surface area contributed by atoms with E-state index < -0.39 is 0 Å². The molecule has 0 N–H and O–H groups in total. The predicted octanol–water partition coefficient (Wildman–Crippen LogP) is 9.38. The van der Waals surface area contributed by atoms with Crippen LogP contribution >= 0.6 is 0 Å². The molecular formula is C34H21NO. The maximum atomic E-state index is 6.48. The van der Waals surface area contributed by atoms with Crippen molar-refractivity contribution in [3.8, 4) is 39.4 Å². The van der Waals surface area contributed by atoms with Gasteiger partial charge in [0.05, 0.1) is 16.7 Å². The van der Waals surface area contributed by atoms with Gasteiger partial charge < -0.3 is 9.30 Å². The van der Waals surface area contributed by atoms with Gasteiger partial charge in [0.25, 0.3) is 0 Å². The molecule has 0 saturated heterocycles. The lowest BCUT2D eigenvalue weighted by atomic mass is 9.91. The SMILES string of the molecule is c1ccc(-c2ccc3c(c2)-c2cccc4c(-n5c6ccccc6c6ccccc65)ccc(c24)O3)cc1. The fraction of sp³-hybridized carbons (Fsp3) is 0. The Hall–Kier alpha value is -4.82. The van der Waals surface area contributed by atoms with E-state index in [0.717, 1.165) is 22.4 Å². The third-order valence-electron chi connectivity index (χ3n) is 7.40. The lowest BCUT2D eigenvalue weighted by Crippen LogP contribution is -2.01. The Morgan fingerprint density at radius 1 is 0.444 bits per heavy atom. The molecule has 168 valence electrons. The molecule has 7 aromatic rings. The number of benzene rings is 6. The van der Waals surface area contributed by atoms with Crippen LogP contribution in [0.5, 0.6) is 11.5 Å². The van der Waals surface area contributed by atoms with Crippen LogP contribution < -0.4 is 4.74 Å². The Bertz CT molecular complexity index is 1910. The van der Waals surface area contributed by atoms with Crippen molar-refractivity contribution >= 4 is 32.6 Å². The summed E-state index contributed by atoms with van der Waals surface area (Å²) < 4.78 is 8.87. The van der Waals surface area contributed by atoms with Crippen LogP contribution in [0.15, 0.2) is 127 Å². The van der Waals surface area contributed by atoms with Crippen LogP contribution in [0.3, 0.4) is 0 Å². The first-order valence-electron chi connectivity index (χ1n) is 12.3. The molecule has 0 unspecified atom stereocenters. The van der Waals surface area contributed by atoms with Crippen LogP contribution in [-0.4, -0.2) is 4.57 Å². The van der Waals surface area contributed by atoms with Crippen LogP contribution in [-0.2, 0) is 0 Å². The highest BCUT2D eigenvalue weighted by Gasteiger charge is 2.23. The predicted molar refractivity (Wildman–Crippen MR) is 149 cm³/mol. The molecule has 0 bridgehead atoms. The van der Waals surface area contributed by atoms with Crippen molar-refractivity contribution < 1.29 is 4.74 Å².